The van der Waals surface area contributed by atoms with E-state index in [9.17, 15) is 9.59 Å². The van der Waals surface area contributed by atoms with E-state index in [0.717, 1.165) is 28.7 Å². The Balaban J connectivity index is 1.42. The summed E-state index contributed by atoms with van der Waals surface area (Å²) in [6.45, 7) is 0. The van der Waals surface area contributed by atoms with Crippen LogP contribution in [0.25, 0.3) is 0 Å². The summed E-state index contributed by atoms with van der Waals surface area (Å²) in [5.74, 6) is 1.24. The van der Waals surface area contributed by atoms with Crippen LogP contribution in [0.1, 0.15) is 26.6 Å². The quantitative estimate of drug-likeness (QED) is 0.472. The van der Waals surface area contributed by atoms with Gasteiger partial charge in [-0.15, -0.1) is 21.5 Å². The molecule has 1 aromatic carbocycles. The lowest BCUT2D eigenvalue weighted by molar-refractivity contribution is -0.117. The highest BCUT2D eigenvalue weighted by Crippen LogP contribution is 2.29. The molecular weight excluding hydrogens is 380 g/mol. The SMILES string of the molecule is CN1C(=O)Cc2cc(C(=O)CSc3nnc(Cc4cccs4)n3C)ccc21. The third kappa shape index (κ3) is 3.54. The smallest absolute Gasteiger partial charge is 0.231 e. The molecule has 0 unspecified atom stereocenters. The molecule has 0 fully saturated rings. The Labute approximate surface area is 165 Å². The number of carbonyl (C=O) groups excluding carboxylic acids is 2. The van der Waals surface area contributed by atoms with Crippen LogP contribution < -0.4 is 4.90 Å². The van der Waals surface area contributed by atoms with E-state index < -0.39 is 0 Å². The average Bonchev–Trinajstić information content (AvgIpc) is 3.36. The Kier molecular flexibility index (Phi) is 4.84. The molecule has 0 bridgehead atoms. The zero-order valence-electron chi connectivity index (χ0n) is 15.0. The van der Waals surface area contributed by atoms with Crippen molar-refractivity contribution in [2.45, 2.75) is 18.0 Å². The molecule has 138 valence electrons. The molecule has 2 aromatic heterocycles. The van der Waals surface area contributed by atoms with Gasteiger partial charge in [0.15, 0.2) is 10.9 Å². The number of hydrogen-bond acceptors (Lipinski definition) is 6. The van der Waals surface area contributed by atoms with Gasteiger partial charge in [-0.05, 0) is 35.2 Å². The molecule has 0 saturated carbocycles. The van der Waals surface area contributed by atoms with E-state index in [2.05, 4.69) is 16.3 Å². The molecule has 0 saturated heterocycles. The molecule has 1 aliphatic rings. The number of likely N-dealkylation sites (N-methyl/N-ethyl adjacent to an activating group) is 1. The van der Waals surface area contributed by atoms with Crippen LogP contribution in [-0.4, -0.2) is 39.3 Å². The van der Waals surface area contributed by atoms with Gasteiger partial charge in [-0.2, -0.15) is 0 Å². The summed E-state index contributed by atoms with van der Waals surface area (Å²) in [7, 11) is 3.68. The molecule has 6 nitrogen and oxygen atoms in total. The van der Waals surface area contributed by atoms with E-state index in [0.29, 0.717) is 12.0 Å². The highest BCUT2D eigenvalue weighted by molar-refractivity contribution is 7.99. The highest BCUT2D eigenvalue weighted by atomic mass is 32.2. The lowest BCUT2D eigenvalue weighted by Crippen LogP contribution is -2.20. The number of carbonyl (C=O) groups is 2. The number of amides is 1. The van der Waals surface area contributed by atoms with Gasteiger partial charge in [-0.1, -0.05) is 17.8 Å². The largest absolute Gasteiger partial charge is 0.315 e. The topological polar surface area (TPSA) is 68.1 Å². The van der Waals surface area contributed by atoms with Crippen molar-refractivity contribution in [3.63, 3.8) is 0 Å². The van der Waals surface area contributed by atoms with Crippen LogP contribution in [-0.2, 0) is 24.7 Å². The van der Waals surface area contributed by atoms with Crippen LogP contribution in [0.5, 0.6) is 0 Å². The molecule has 27 heavy (non-hydrogen) atoms. The Morgan fingerprint density at radius 2 is 2.11 bits per heavy atom. The van der Waals surface area contributed by atoms with Crippen molar-refractivity contribution in [2.75, 3.05) is 17.7 Å². The van der Waals surface area contributed by atoms with Gasteiger partial charge in [-0.3, -0.25) is 9.59 Å². The minimum absolute atomic E-state index is 0.0209. The Hall–Kier alpha value is -2.45. The number of anilines is 1. The predicted octanol–water partition coefficient (Wildman–Crippen LogP) is 2.96. The van der Waals surface area contributed by atoms with Gasteiger partial charge in [0, 0.05) is 36.6 Å². The fourth-order valence-electron chi connectivity index (χ4n) is 3.05. The second kappa shape index (κ2) is 7.28. The van der Waals surface area contributed by atoms with E-state index in [4.69, 9.17) is 0 Å². The van der Waals surface area contributed by atoms with Crippen molar-refractivity contribution in [2.24, 2.45) is 7.05 Å². The molecule has 1 amide bonds. The van der Waals surface area contributed by atoms with E-state index >= 15 is 0 Å². The summed E-state index contributed by atoms with van der Waals surface area (Å²) in [6.07, 6.45) is 1.09. The van der Waals surface area contributed by atoms with E-state index in [1.54, 1.807) is 29.4 Å². The zero-order valence-corrected chi connectivity index (χ0v) is 16.6. The lowest BCUT2D eigenvalue weighted by atomic mass is 10.1. The van der Waals surface area contributed by atoms with Gasteiger partial charge < -0.3 is 9.47 Å². The fourth-order valence-corrected chi connectivity index (χ4v) is 4.58. The van der Waals surface area contributed by atoms with E-state index in [1.807, 2.05) is 35.2 Å². The number of aromatic nitrogens is 3. The normalized spacial score (nSPS) is 13.3. The monoisotopic (exact) mass is 398 g/mol. The minimum Gasteiger partial charge on any atom is -0.315 e. The summed E-state index contributed by atoms with van der Waals surface area (Å²) < 4.78 is 1.94. The number of benzene rings is 1. The first kappa shape index (κ1) is 17.9. The molecule has 8 heteroatoms. The van der Waals surface area contributed by atoms with Crippen molar-refractivity contribution >= 4 is 40.5 Å². The highest BCUT2D eigenvalue weighted by Gasteiger charge is 2.24. The van der Waals surface area contributed by atoms with Crippen LogP contribution >= 0.6 is 23.1 Å². The maximum atomic E-state index is 12.6. The third-order valence-corrected chi connectivity index (χ3v) is 6.55. The summed E-state index contributed by atoms with van der Waals surface area (Å²) in [5, 5.41) is 11.2. The molecule has 4 rings (SSSR count). The standard InChI is InChI=1S/C19H18N4O2S2/c1-22-15-6-5-12(8-13(15)9-18(22)25)16(24)11-27-19-21-20-17(23(19)2)10-14-4-3-7-26-14/h3-8H,9-11H2,1-2H3. The van der Waals surface area contributed by atoms with Crippen molar-refractivity contribution in [1.82, 2.24) is 14.8 Å². The number of rotatable bonds is 6. The maximum Gasteiger partial charge on any atom is 0.231 e. The number of thioether (sulfide) groups is 1. The lowest BCUT2D eigenvalue weighted by Gasteiger charge is -2.10. The molecule has 0 atom stereocenters. The number of nitrogens with zero attached hydrogens (tertiary/aromatic N) is 4. The minimum atomic E-state index is 0.0209. The second-order valence-corrected chi connectivity index (χ2v) is 8.37. The number of ketones is 1. The van der Waals surface area contributed by atoms with Crippen LogP contribution in [0.4, 0.5) is 5.69 Å². The fraction of sp³-hybridized carbons (Fsp3) is 0.263. The first-order valence-electron chi connectivity index (χ1n) is 8.49. The van der Waals surface area contributed by atoms with Gasteiger partial charge >= 0.3 is 0 Å². The van der Waals surface area contributed by atoms with E-state index in [-0.39, 0.29) is 17.4 Å². The molecular formula is C19H18N4O2S2. The summed E-state index contributed by atoms with van der Waals surface area (Å²) in [5.41, 5.74) is 2.43. The molecule has 1 aliphatic heterocycles. The number of Topliss-reactive ketones (excluding diaryl/α,β-unsaturated/α-hetero) is 1. The third-order valence-electron chi connectivity index (χ3n) is 4.65. The Morgan fingerprint density at radius 3 is 2.89 bits per heavy atom. The Morgan fingerprint density at radius 1 is 1.26 bits per heavy atom. The molecule has 0 spiro atoms. The zero-order chi connectivity index (χ0) is 19.0. The van der Waals surface area contributed by atoms with Crippen LogP contribution in [0.2, 0.25) is 0 Å². The summed E-state index contributed by atoms with van der Waals surface area (Å²) in [6, 6.07) is 9.56. The first-order valence-corrected chi connectivity index (χ1v) is 10.4. The van der Waals surface area contributed by atoms with Gasteiger partial charge in [0.2, 0.25) is 5.91 Å². The predicted molar refractivity (Wildman–Crippen MR) is 107 cm³/mol. The summed E-state index contributed by atoms with van der Waals surface area (Å²) >= 11 is 3.08. The van der Waals surface area contributed by atoms with Crippen molar-refractivity contribution in [3.8, 4) is 0 Å². The first-order chi connectivity index (χ1) is 13.0. The van der Waals surface area contributed by atoms with Gasteiger partial charge in [0.1, 0.15) is 5.82 Å². The van der Waals surface area contributed by atoms with Crippen molar-refractivity contribution in [1.29, 1.82) is 0 Å². The maximum absolute atomic E-state index is 12.6. The number of thiophene rings is 1. The molecule has 0 N–H and O–H groups in total. The van der Waals surface area contributed by atoms with E-state index in [1.165, 1.54) is 16.6 Å². The number of fused-ring (bicyclic) bond motifs is 1. The van der Waals surface area contributed by atoms with Crippen LogP contribution in [0, 0.1) is 0 Å². The van der Waals surface area contributed by atoms with Gasteiger partial charge in [0.05, 0.1) is 12.2 Å². The Bertz CT molecular complexity index is 1010. The van der Waals surface area contributed by atoms with Crippen molar-refractivity contribution in [3.05, 3.63) is 57.5 Å². The molecule has 3 heterocycles. The summed E-state index contributed by atoms with van der Waals surface area (Å²) in [4.78, 5) is 27.2. The molecule has 0 aliphatic carbocycles. The molecule has 3 aromatic rings. The molecule has 0 radical (unpaired) electrons. The number of hydrogen-bond donors (Lipinski definition) is 0. The van der Waals surface area contributed by atoms with Crippen LogP contribution in [0.3, 0.4) is 0 Å². The van der Waals surface area contributed by atoms with Crippen LogP contribution in [0.15, 0.2) is 40.9 Å². The van der Waals surface area contributed by atoms with Crippen molar-refractivity contribution < 1.29 is 9.59 Å². The second-order valence-electron chi connectivity index (χ2n) is 6.40. The van der Waals surface area contributed by atoms with Gasteiger partial charge in [0.25, 0.3) is 0 Å². The average molecular weight is 399 g/mol. The van der Waals surface area contributed by atoms with Gasteiger partial charge in [-0.25, -0.2) is 0 Å².